The number of benzene rings is 2. The molecule has 1 amide bonds. The second-order valence-corrected chi connectivity index (χ2v) is 5.89. The second kappa shape index (κ2) is 7.71. The molecule has 2 aromatic carbocycles. The van der Waals surface area contributed by atoms with E-state index in [1.54, 1.807) is 24.1 Å². The van der Waals surface area contributed by atoms with Crippen LogP contribution in [0, 0.1) is 31.0 Å². The molecule has 0 aliphatic carbocycles. The standard InChI is InChI=1S/C19H20FN3O/c1-13-5-4-6-18(14(13)2)22-19(24)12-23(3)11-16-8-7-15(10-21)9-17(16)20/h4-9H,11-12H2,1-3H3,(H,22,24). The number of likely N-dealkylation sites (N-methyl/N-ethyl adjacent to an activating group) is 1. The smallest absolute Gasteiger partial charge is 0.238 e. The van der Waals surface area contributed by atoms with Gasteiger partial charge < -0.3 is 5.32 Å². The van der Waals surface area contributed by atoms with E-state index < -0.39 is 5.82 Å². The molecular weight excluding hydrogens is 305 g/mol. The predicted octanol–water partition coefficient (Wildman–Crippen LogP) is 3.38. The molecule has 0 saturated carbocycles. The van der Waals surface area contributed by atoms with Gasteiger partial charge in [0.15, 0.2) is 0 Å². The number of amides is 1. The average Bonchev–Trinajstić information content (AvgIpc) is 2.53. The van der Waals surface area contributed by atoms with Crippen LogP contribution in [0.25, 0.3) is 0 Å². The molecule has 124 valence electrons. The van der Waals surface area contributed by atoms with Crippen molar-refractivity contribution in [3.63, 3.8) is 0 Å². The molecule has 0 saturated heterocycles. The van der Waals surface area contributed by atoms with Gasteiger partial charge in [0, 0.05) is 17.8 Å². The Kier molecular flexibility index (Phi) is 5.67. The van der Waals surface area contributed by atoms with Crippen LogP contribution in [0.1, 0.15) is 22.3 Å². The van der Waals surface area contributed by atoms with Crippen LogP contribution in [0.4, 0.5) is 10.1 Å². The summed E-state index contributed by atoms with van der Waals surface area (Å²) in [6.45, 7) is 4.39. The van der Waals surface area contributed by atoms with Crippen molar-refractivity contribution >= 4 is 11.6 Å². The molecule has 0 heterocycles. The quantitative estimate of drug-likeness (QED) is 0.917. The van der Waals surface area contributed by atoms with Crippen LogP contribution < -0.4 is 5.32 Å². The average molecular weight is 325 g/mol. The van der Waals surface area contributed by atoms with E-state index in [2.05, 4.69) is 5.32 Å². The van der Waals surface area contributed by atoms with Gasteiger partial charge in [-0.1, -0.05) is 18.2 Å². The lowest BCUT2D eigenvalue weighted by molar-refractivity contribution is -0.117. The molecule has 2 rings (SSSR count). The van der Waals surface area contributed by atoms with E-state index in [9.17, 15) is 9.18 Å². The van der Waals surface area contributed by atoms with Gasteiger partial charge in [0.2, 0.25) is 5.91 Å². The molecule has 0 aliphatic heterocycles. The lowest BCUT2D eigenvalue weighted by atomic mass is 10.1. The highest BCUT2D eigenvalue weighted by molar-refractivity contribution is 5.93. The van der Waals surface area contributed by atoms with Gasteiger partial charge >= 0.3 is 0 Å². The van der Waals surface area contributed by atoms with Crippen molar-refractivity contribution in [1.29, 1.82) is 5.26 Å². The summed E-state index contributed by atoms with van der Waals surface area (Å²) in [6, 6.07) is 12.0. The maximum absolute atomic E-state index is 13.9. The van der Waals surface area contributed by atoms with Crippen LogP contribution in [0.3, 0.4) is 0 Å². The molecule has 0 spiro atoms. The minimum Gasteiger partial charge on any atom is -0.325 e. The third-order valence-corrected chi connectivity index (χ3v) is 3.91. The first-order chi connectivity index (χ1) is 11.4. The zero-order valence-electron chi connectivity index (χ0n) is 14.1. The van der Waals surface area contributed by atoms with E-state index in [0.29, 0.717) is 5.56 Å². The molecular formula is C19H20FN3O. The van der Waals surface area contributed by atoms with Gasteiger partial charge in [0.25, 0.3) is 0 Å². The first-order valence-corrected chi connectivity index (χ1v) is 7.64. The molecule has 0 fully saturated rings. The number of carbonyl (C=O) groups is 1. The van der Waals surface area contributed by atoms with Crippen molar-refractivity contribution in [2.75, 3.05) is 18.9 Å². The SMILES string of the molecule is Cc1cccc(NC(=O)CN(C)Cc2ccc(C#N)cc2F)c1C. The molecule has 0 unspecified atom stereocenters. The monoisotopic (exact) mass is 325 g/mol. The number of nitriles is 1. The van der Waals surface area contributed by atoms with Crippen molar-refractivity contribution in [2.45, 2.75) is 20.4 Å². The highest BCUT2D eigenvalue weighted by Crippen LogP contribution is 2.18. The maximum Gasteiger partial charge on any atom is 0.238 e. The van der Waals surface area contributed by atoms with E-state index in [4.69, 9.17) is 5.26 Å². The van der Waals surface area contributed by atoms with Gasteiger partial charge in [-0.2, -0.15) is 5.26 Å². The number of aryl methyl sites for hydroxylation is 1. The molecule has 5 heteroatoms. The minimum absolute atomic E-state index is 0.146. The molecule has 1 N–H and O–H groups in total. The van der Waals surface area contributed by atoms with Gasteiger partial charge in [-0.3, -0.25) is 9.69 Å². The number of carbonyl (C=O) groups excluding carboxylic acids is 1. The zero-order valence-corrected chi connectivity index (χ0v) is 14.1. The molecule has 0 aromatic heterocycles. The maximum atomic E-state index is 13.9. The summed E-state index contributed by atoms with van der Waals surface area (Å²) in [5.41, 5.74) is 3.67. The summed E-state index contributed by atoms with van der Waals surface area (Å²) >= 11 is 0. The fraction of sp³-hybridized carbons (Fsp3) is 0.263. The Hall–Kier alpha value is -2.71. The van der Waals surface area contributed by atoms with Crippen LogP contribution in [-0.4, -0.2) is 24.4 Å². The summed E-state index contributed by atoms with van der Waals surface area (Å²) in [5, 5.41) is 11.6. The van der Waals surface area contributed by atoms with Gasteiger partial charge in [-0.15, -0.1) is 0 Å². The number of hydrogen-bond acceptors (Lipinski definition) is 3. The first-order valence-electron chi connectivity index (χ1n) is 7.64. The number of nitrogens with one attached hydrogen (secondary N) is 1. The molecule has 0 bridgehead atoms. The molecule has 0 radical (unpaired) electrons. The number of halogens is 1. The van der Waals surface area contributed by atoms with E-state index in [1.807, 2.05) is 38.1 Å². The summed E-state index contributed by atoms with van der Waals surface area (Å²) in [4.78, 5) is 13.9. The van der Waals surface area contributed by atoms with E-state index in [-0.39, 0.29) is 24.6 Å². The summed E-state index contributed by atoms with van der Waals surface area (Å²) < 4.78 is 13.9. The Morgan fingerprint density at radius 3 is 2.71 bits per heavy atom. The largest absolute Gasteiger partial charge is 0.325 e. The molecule has 0 atom stereocenters. The lowest BCUT2D eigenvalue weighted by Crippen LogP contribution is -2.30. The highest BCUT2D eigenvalue weighted by Gasteiger charge is 2.12. The summed E-state index contributed by atoms with van der Waals surface area (Å²) in [6.07, 6.45) is 0. The van der Waals surface area contributed by atoms with Crippen LogP contribution in [0.2, 0.25) is 0 Å². The predicted molar refractivity (Wildman–Crippen MR) is 92.0 cm³/mol. The Bertz CT molecular complexity index is 796. The number of anilines is 1. The first kappa shape index (κ1) is 17.6. The second-order valence-electron chi connectivity index (χ2n) is 5.89. The highest BCUT2D eigenvalue weighted by atomic mass is 19.1. The van der Waals surface area contributed by atoms with E-state index in [1.165, 1.54) is 6.07 Å². The van der Waals surface area contributed by atoms with Gasteiger partial charge in [-0.05, 0) is 50.2 Å². The third-order valence-electron chi connectivity index (χ3n) is 3.91. The van der Waals surface area contributed by atoms with E-state index in [0.717, 1.165) is 16.8 Å². The van der Waals surface area contributed by atoms with Gasteiger partial charge in [-0.25, -0.2) is 4.39 Å². The van der Waals surface area contributed by atoms with Crippen molar-refractivity contribution in [2.24, 2.45) is 0 Å². The Morgan fingerprint density at radius 2 is 2.04 bits per heavy atom. The molecule has 24 heavy (non-hydrogen) atoms. The van der Waals surface area contributed by atoms with Crippen LogP contribution in [0.15, 0.2) is 36.4 Å². The van der Waals surface area contributed by atoms with Gasteiger partial charge in [0.05, 0.1) is 18.2 Å². The minimum atomic E-state index is -0.434. The van der Waals surface area contributed by atoms with E-state index >= 15 is 0 Å². The number of nitrogens with zero attached hydrogens (tertiary/aromatic N) is 2. The Balaban J connectivity index is 1.97. The molecule has 0 aliphatic rings. The number of hydrogen-bond donors (Lipinski definition) is 1. The molecule has 4 nitrogen and oxygen atoms in total. The summed E-state index contributed by atoms with van der Waals surface area (Å²) in [7, 11) is 1.75. The normalized spacial score (nSPS) is 10.5. The zero-order chi connectivity index (χ0) is 17.7. The van der Waals surface area contributed by atoms with Crippen LogP contribution >= 0.6 is 0 Å². The fourth-order valence-electron chi connectivity index (χ4n) is 2.41. The lowest BCUT2D eigenvalue weighted by Gasteiger charge is -2.17. The van der Waals surface area contributed by atoms with Crippen LogP contribution in [0.5, 0.6) is 0 Å². The van der Waals surface area contributed by atoms with Crippen molar-refractivity contribution in [3.05, 3.63) is 64.5 Å². The van der Waals surface area contributed by atoms with Crippen molar-refractivity contribution < 1.29 is 9.18 Å². The Morgan fingerprint density at radius 1 is 1.29 bits per heavy atom. The van der Waals surface area contributed by atoms with Crippen molar-refractivity contribution in [1.82, 2.24) is 4.90 Å². The third kappa shape index (κ3) is 4.40. The van der Waals surface area contributed by atoms with Crippen LogP contribution in [-0.2, 0) is 11.3 Å². The number of rotatable bonds is 5. The van der Waals surface area contributed by atoms with Crippen molar-refractivity contribution in [3.8, 4) is 6.07 Å². The molecule has 2 aromatic rings. The summed E-state index contributed by atoms with van der Waals surface area (Å²) in [5.74, 6) is -0.587. The fourth-order valence-corrected chi connectivity index (χ4v) is 2.41. The topological polar surface area (TPSA) is 56.1 Å². The Labute approximate surface area is 141 Å². The van der Waals surface area contributed by atoms with Gasteiger partial charge in [0.1, 0.15) is 5.82 Å².